The third kappa shape index (κ3) is 22.6. The van der Waals surface area contributed by atoms with Gasteiger partial charge in [0.25, 0.3) is 0 Å². The SMILES string of the molecule is CCCCCCCCCCCCCSC(CCCCCCC)C(C)OP(=O)(OCCC)OC(=O)OC(C)C. The van der Waals surface area contributed by atoms with Crippen LogP contribution in [0, 0.1) is 0 Å². The zero-order valence-corrected chi connectivity index (χ0v) is 27.4. The maximum absolute atomic E-state index is 13.3. The summed E-state index contributed by atoms with van der Waals surface area (Å²) in [7, 11) is -4.07. The largest absolute Gasteiger partial charge is 0.534 e. The van der Waals surface area contributed by atoms with Crippen molar-refractivity contribution in [2.24, 2.45) is 0 Å². The maximum Gasteiger partial charge on any atom is 0.534 e. The van der Waals surface area contributed by atoms with Crippen LogP contribution in [0.5, 0.6) is 0 Å². The molecule has 0 aromatic carbocycles. The Morgan fingerprint density at radius 3 is 1.71 bits per heavy atom. The molecule has 8 heteroatoms. The van der Waals surface area contributed by atoms with Gasteiger partial charge < -0.3 is 9.26 Å². The fraction of sp³-hybridized carbons (Fsp3) is 0.967. The van der Waals surface area contributed by atoms with Gasteiger partial charge in [-0.05, 0) is 45.8 Å². The van der Waals surface area contributed by atoms with Gasteiger partial charge in [-0.15, -0.1) is 0 Å². The fourth-order valence-electron chi connectivity index (χ4n) is 4.26. The molecule has 0 heterocycles. The summed E-state index contributed by atoms with van der Waals surface area (Å²) in [5, 5.41) is 0.169. The van der Waals surface area contributed by atoms with E-state index in [0.29, 0.717) is 6.42 Å². The van der Waals surface area contributed by atoms with Gasteiger partial charge in [0.1, 0.15) is 0 Å². The first kappa shape index (κ1) is 37.8. The molecule has 0 saturated carbocycles. The first-order valence-electron chi connectivity index (χ1n) is 15.7. The monoisotopic (exact) mass is 580 g/mol. The first-order chi connectivity index (χ1) is 18.3. The lowest BCUT2D eigenvalue weighted by atomic mass is 10.1. The summed E-state index contributed by atoms with van der Waals surface area (Å²) in [5.74, 6) is 1.06. The Morgan fingerprint density at radius 1 is 0.711 bits per heavy atom. The molecule has 0 N–H and O–H groups in total. The minimum Gasteiger partial charge on any atom is -0.431 e. The van der Waals surface area contributed by atoms with Gasteiger partial charge in [-0.2, -0.15) is 11.8 Å². The molecular formula is C30H61O6PS. The molecule has 0 rings (SSSR count). The standard InChI is InChI=1S/C30H61O6PS/c1-7-10-12-14-15-16-17-18-19-21-23-26-38-29(24-22-20-13-11-8-2)28(6)35-37(32,33-25-9-3)36-30(31)34-27(4)5/h27-29H,7-26H2,1-6H3. The van der Waals surface area contributed by atoms with Gasteiger partial charge in [-0.25, -0.2) is 9.36 Å². The third-order valence-electron chi connectivity index (χ3n) is 6.46. The first-order valence-corrected chi connectivity index (χ1v) is 18.2. The van der Waals surface area contributed by atoms with Crippen molar-refractivity contribution < 1.29 is 27.7 Å². The molecule has 0 aliphatic carbocycles. The van der Waals surface area contributed by atoms with Crippen LogP contribution in [0.25, 0.3) is 0 Å². The van der Waals surface area contributed by atoms with Gasteiger partial charge >= 0.3 is 14.0 Å². The number of hydrogen-bond acceptors (Lipinski definition) is 7. The van der Waals surface area contributed by atoms with Crippen molar-refractivity contribution in [3.8, 4) is 0 Å². The molecule has 0 aliphatic rings. The Bertz CT molecular complexity index is 589. The molecular weight excluding hydrogens is 519 g/mol. The van der Waals surface area contributed by atoms with E-state index in [-0.39, 0.29) is 24.1 Å². The predicted octanol–water partition coefficient (Wildman–Crippen LogP) is 11.3. The molecule has 0 aromatic rings. The summed E-state index contributed by atoms with van der Waals surface area (Å²) in [6.45, 7) is 11.9. The summed E-state index contributed by atoms with van der Waals surface area (Å²) in [5.41, 5.74) is 0. The third-order valence-corrected chi connectivity index (χ3v) is 9.50. The number of thioether (sulfide) groups is 1. The van der Waals surface area contributed by atoms with Crippen LogP contribution in [-0.2, 0) is 22.9 Å². The summed E-state index contributed by atoms with van der Waals surface area (Å²) in [4.78, 5) is 12.1. The number of unbranched alkanes of at least 4 members (excludes halogenated alkanes) is 14. The Hall–Kier alpha value is -0.230. The summed E-state index contributed by atoms with van der Waals surface area (Å²) >= 11 is 1.89. The Kier molecular flexibility index (Phi) is 25.6. The van der Waals surface area contributed by atoms with E-state index < -0.39 is 14.0 Å². The summed E-state index contributed by atoms with van der Waals surface area (Å²) in [6, 6.07) is 0. The van der Waals surface area contributed by atoms with Crippen molar-refractivity contribution >= 4 is 25.7 Å². The molecule has 0 aromatic heterocycles. The van der Waals surface area contributed by atoms with Crippen molar-refractivity contribution in [3.63, 3.8) is 0 Å². The molecule has 228 valence electrons. The van der Waals surface area contributed by atoms with Crippen LogP contribution in [0.2, 0.25) is 0 Å². The molecule has 0 aliphatic heterocycles. The zero-order valence-electron chi connectivity index (χ0n) is 25.7. The highest BCUT2D eigenvalue weighted by Gasteiger charge is 2.36. The number of ether oxygens (including phenoxy) is 1. The number of phosphoric acid groups is 1. The van der Waals surface area contributed by atoms with E-state index in [1.54, 1.807) is 13.8 Å². The van der Waals surface area contributed by atoms with Crippen molar-refractivity contribution in [1.82, 2.24) is 0 Å². The molecule has 0 fully saturated rings. The van der Waals surface area contributed by atoms with Crippen LogP contribution in [0.4, 0.5) is 4.79 Å². The van der Waals surface area contributed by atoms with Crippen LogP contribution in [0.3, 0.4) is 0 Å². The molecule has 0 amide bonds. The molecule has 38 heavy (non-hydrogen) atoms. The average Bonchev–Trinajstić information content (AvgIpc) is 2.86. The maximum atomic E-state index is 13.3. The minimum atomic E-state index is -4.07. The Balaban J connectivity index is 4.68. The van der Waals surface area contributed by atoms with Crippen LogP contribution < -0.4 is 0 Å². The normalized spacial score (nSPS) is 14.8. The van der Waals surface area contributed by atoms with Gasteiger partial charge in [0.15, 0.2) is 0 Å². The number of rotatable bonds is 27. The van der Waals surface area contributed by atoms with Crippen LogP contribution in [0.15, 0.2) is 0 Å². The minimum absolute atomic E-state index is 0.169. The zero-order chi connectivity index (χ0) is 28.5. The van der Waals surface area contributed by atoms with Gasteiger partial charge in [0.05, 0.1) is 18.8 Å². The average molecular weight is 581 g/mol. The lowest BCUT2D eigenvalue weighted by molar-refractivity contribution is 0.0418. The molecule has 0 saturated heterocycles. The number of carbonyl (C=O) groups excluding carboxylic acids is 1. The molecule has 3 unspecified atom stereocenters. The second-order valence-electron chi connectivity index (χ2n) is 10.7. The predicted molar refractivity (Wildman–Crippen MR) is 163 cm³/mol. The molecule has 0 spiro atoms. The quantitative estimate of drug-likeness (QED) is 0.0543. The topological polar surface area (TPSA) is 71.1 Å². The van der Waals surface area contributed by atoms with Gasteiger partial charge in [-0.3, -0.25) is 9.05 Å². The van der Waals surface area contributed by atoms with Crippen molar-refractivity contribution in [3.05, 3.63) is 0 Å². The van der Waals surface area contributed by atoms with Crippen molar-refractivity contribution in [1.29, 1.82) is 0 Å². The van der Waals surface area contributed by atoms with E-state index in [1.807, 2.05) is 25.6 Å². The highest BCUT2D eigenvalue weighted by Crippen LogP contribution is 2.52. The van der Waals surface area contributed by atoms with E-state index in [1.165, 1.54) is 96.3 Å². The smallest absolute Gasteiger partial charge is 0.431 e. The van der Waals surface area contributed by atoms with Gasteiger partial charge in [0.2, 0.25) is 0 Å². The number of carbonyl (C=O) groups is 1. The molecule has 3 atom stereocenters. The van der Waals surface area contributed by atoms with E-state index >= 15 is 0 Å². The molecule has 0 bridgehead atoms. The van der Waals surface area contributed by atoms with E-state index in [2.05, 4.69) is 13.8 Å². The van der Waals surface area contributed by atoms with Gasteiger partial charge in [-0.1, -0.05) is 117 Å². The van der Waals surface area contributed by atoms with Crippen LogP contribution in [0.1, 0.15) is 157 Å². The number of hydrogen-bond donors (Lipinski definition) is 0. The summed E-state index contributed by atoms with van der Waals surface area (Å²) in [6.07, 6.45) is 20.6. The lowest BCUT2D eigenvalue weighted by Gasteiger charge is -2.27. The number of phosphoric ester groups is 1. The second-order valence-corrected chi connectivity index (χ2v) is 13.6. The Labute approximate surface area is 240 Å². The van der Waals surface area contributed by atoms with Crippen molar-refractivity contribution in [2.45, 2.75) is 175 Å². The molecule has 6 nitrogen and oxygen atoms in total. The van der Waals surface area contributed by atoms with Crippen LogP contribution >= 0.6 is 19.6 Å². The summed E-state index contributed by atoms with van der Waals surface area (Å²) < 4.78 is 34.7. The molecule has 0 radical (unpaired) electrons. The van der Waals surface area contributed by atoms with E-state index in [0.717, 1.165) is 18.6 Å². The van der Waals surface area contributed by atoms with Gasteiger partial charge in [0, 0.05) is 5.25 Å². The van der Waals surface area contributed by atoms with E-state index in [9.17, 15) is 9.36 Å². The highest BCUT2D eigenvalue weighted by molar-refractivity contribution is 7.99. The fourth-order valence-corrected chi connectivity index (χ4v) is 7.02. The lowest BCUT2D eigenvalue weighted by Crippen LogP contribution is -2.25. The highest BCUT2D eigenvalue weighted by atomic mass is 32.2. The van der Waals surface area contributed by atoms with E-state index in [4.69, 9.17) is 18.3 Å². The van der Waals surface area contributed by atoms with Crippen LogP contribution in [-0.4, -0.2) is 36.0 Å². The second kappa shape index (κ2) is 25.7. The Morgan fingerprint density at radius 2 is 1.21 bits per heavy atom. The van der Waals surface area contributed by atoms with Crippen molar-refractivity contribution in [2.75, 3.05) is 12.4 Å².